The van der Waals surface area contributed by atoms with Gasteiger partial charge in [-0.3, -0.25) is 0 Å². The standard InChI is InChI=1S/C16H24N2O2/c1-18(2)12-4-5-14(17)15(10-12)20-13-6-9-19-16(11-13)7-3-8-16/h4-5,10,13H,3,6-9,11,17H2,1-2H3. The molecule has 1 atom stereocenters. The molecule has 1 aromatic rings. The van der Waals surface area contributed by atoms with Crippen molar-refractivity contribution >= 4 is 11.4 Å². The van der Waals surface area contributed by atoms with Crippen LogP contribution in [0.15, 0.2) is 18.2 Å². The number of ether oxygens (including phenoxy) is 2. The zero-order valence-corrected chi connectivity index (χ0v) is 12.4. The van der Waals surface area contributed by atoms with E-state index in [0.29, 0.717) is 5.69 Å². The third-order valence-corrected chi connectivity index (χ3v) is 4.52. The van der Waals surface area contributed by atoms with Gasteiger partial charge in [0.05, 0.1) is 17.9 Å². The van der Waals surface area contributed by atoms with E-state index in [9.17, 15) is 0 Å². The lowest BCUT2D eigenvalue weighted by molar-refractivity contribution is -0.153. The van der Waals surface area contributed by atoms with Crippen LogP contribution in [0.25, 0.3) is 0 Å². The summed E-state index contributed by atoms with van der Waals surface area (Å²) in [7, 11) is 4.04. The van der Waals surface area contributed by atoms with Gasteiger partial charge in [-0.25, -0.2) is 0 Å². The monoisotopic (exact) mass is 276 g/mol. The normalized spacial score (nSPS) is 24.2. The second kappa shape index (κ2) is 5.17. The Morgan fingerprint density at radius 1 is 1.35 bits per heavy atom. The van der Waals surface area contributed by atoms with Crippen LogP contribution < -0.4 is 15.4 Å². The largest absolute Gasteiger partial charge is 0.488 e. The lowest BCUT2D eigenvalue weighted by Gasteiger charge is -2.47. The summed E-state index contributed by atoms with van der Waals surface area (Å²) in [5, 5.41) is 0. The van der Waals surface area contributed by atoms with Crippen LogP contribution in [0.1, 0.15) is 32.1 Å². The topological polar surface area (TPSA) is 47.7 Å². The zero-order chi connectivity index (χ0) is 14.2. The Bertz CT molecular complexity index is 483. The van der Waals surface area contributed by atoms with Gasteiger partial charge in [0, 0.05) is 38.7 Å². The van der Waals surface area contributed by atoms with E-state index in [4.69, 9.17) is 15.2 Å². The van der Waals surface area contributed by atoms with Crippen LogP contribution >= 0.6 is 0 Å². The fraction of sp³-hybridized carbons (Fsp3) is 0.625. The van der Waals surface area contributed by atoms with E-state index in [1.165, 1.54) is 19.3 Å². The van der Waals surface area contributed by atoms with Crippen LogP contribution in [0.4, 0.5) is 11.4 Å². The molecule has 2 aliphatic rings. The van der Waals surface area contributed by atoms with Crippen LogP contribution in [-0.2, 0) is 4.74 Å². The summed E-state index contributed by atoms with van der Waals surface area (Å²) in [6.07, 6.45) is 5.82. The first-order chi connectivity index (χ1) is 9.58. The molecular formula is C16H24N2O2. The summed E-state index contributed by atoms with van der Waals surface area (Å²) < 4.78 is 12.1. The van der Waals surface area contributed by atoms with Crippen molar-refractivity contribution in [3.63, 3.8) is 0 Å². The SMILES string of the molecule is CN(C)c1ccc(N)c(OC2CCOC3(CCC3)C2)c1. The Kier molecular flexibility index (Phi) is 3.50. The van der Waals surface area contributed by atoms with E-state index < -0.39 is 0 Å². The second-order valence-electron chi connectivity index (χ2n) is 6.23. The van der Waals surface area contributed by atoms with Gasteiger partial charge in [-0.15, -0.1) is 0 Å². The highest BCUT2D eigenvalue weighted by Crippen LogP contribution is 2.43. The van der Waals surface area contributed by atoms with Crippen molar-refractivity contribution in [2.75, 3.05) is 31.3 Å². The van der Waals surface area contributed by atoms with E-state index in [2.05, 4.69) is 4.90 Å². The Hall–Kier alpha value is -1.42. The maximum Gasteiger partial charge on any atom is 0.144 e. The molecular weight excluding hydrogens is 252 g/mol. The molecule has 3 rings (SSSR count). The smallest absolute Gasteiger partial charge is 0.144 e. The molecule has 4 heteroatoms. The molecule has 0 bridgehead atoms. The summed E-state index contributed by atoms with van der Waals surface area (Å²) in [5.74, 6) is 0.803. The molecule has 0 aromatic heterocycles. The first-order valence-electron chi connectivity index (χ1n) is 7.45. The number of benzene rings is 1. The Morgan fingerprint density at radius 3 is 2.80 bits per heavy atom. The fourth-order valence-electron chi connectivity index (χ4n) is 3.09. The predicted octanol–water partition coefficient (Wildman–Crippen LogP) is 2.82. The lowest BCUT2D eigenvalue weighted by Crippen LogP contribution is -2.48. The molecule has 1 aliphatic heterocycles. The number of nitrogen functional groups attached to an aromatic ring is 1. The molecule has 2 N–H and O–H groups in total. The van der Waals surface area contributed by atoms with E-state index in [-0.39, 0.29) is 11.7 Å². The number of nitrogens with two attached hydrogens (primary N) is 1. The van der Waals surface area contributed by atoms with Gasteiger partial charge < -0.3 is 20.1 Å². The molecule has 1 aromatic carbocycles. The van der Waals surface area contributed by atoms with Crippen LogP contribution in [-0.4, -0.2) is 32.4 Å². The number of hydrogen-bond donors (Lipinski definition) is 1. The summed E-state index contributed by atoms with van der Waals surface area (Å²) >= 11 is 0. The van der Waals surface area contributed by atoms with E-state index in [0.717, 1.165) is 30.9 Å². The number of nitrogens with zero attached hydrogens (tertiary/aromatic N) is 1. The van der Waals surface area contributed by atoms with Crippen LogP contribution in [0.3, 0.4) is 0 Å². The second-order valence-corrected chi connectivity index (χ2v) is 6.23. The van der Waals surface area contributed by atoms with E-state index in [1.54, 1.807) is 0 Å². The summed E-state index contributed by atoms with van der Waals surface area (Å²) in [6, 6.07) is 5.96. The Morgan fingerprint density at radius 2 is 2.15 bits per heavy atom. The minimum atomic E-state index is 0.108. The third-order valence-electron chi connectivity index (χ3n) is 4.52. The van der Waals surface area contributed by atoms with Crippen molar-refractivity contribution in [2.45, 2.75) is 43.8 Å². The van der Waals surface area contributed by atoms with Crippen molar-refractivity contribution in [2.24, 2.45) is 0 Å². The first kappa shape index (κ1) is 13.6. The highest BCUT2D eigenvalue weighted by Gasteiger charge is 2.43. The van der Waals surface area contributed by atoms with Gasteiger partial charge in [0.2, 0.25) is 0 Å². The average molecular weight is 276 g/mol. The third kappa shape index (κ3) is 2.57. The molecule has 20 heavy (non-hydrogen) atoms. The number of anilines is 2. The maximum absolute atomic E-state index is 6.18. The van der Waals surface area contributed by atoms with Gasteiger partial charge in [0.25, 0.3) is 0 Å². The molecule has 2 fully saturated rings. The lowest BCUT2D eigenvalue weighted by atomic mass is 9.74. The van der Waals surface area contributed by atoms with Gasteiger partial charge in [-0.1, -0.05) is 0 Å². The average Bonchev–Trinajstić information content (AvgIpc) is 2.39. The maximum atomic E-state index is 6.18. The number of rotatable bonds is 3. The quantitative estimate of drug-likeness (QED) is 0.862. The van der Waals surface area contributed by atoms with Gasteiger partial charge in [0.15, 0.2) is 0 Å². The summed E-state index contributed by atoms with van der Waals surface area (Å²) in [5.41, 5.74) is 7.98. The van der Waals surface area contributed by atoms with Crippen molar-refractivity contribution in [1.82, 2.24) is 0 Å². The van der Waals surface area contributed by atoms with Crippen molar-refractivity contribution in [3.8, 4) is 5.75 Å². The molecule has 1 heterocycles. The van der Waals surface area contributed by atoms with Crippen molar-refractivity contribution in [3.05, 3.63) is 18.2 Å². The Labute approximate surface area is 120 Å². The summed E-state index contributed by atoms with van der Waals surface area (Å²) in [6.45, 7) is 0.804. The van der Waals surface area contributed by atoms with Gasteiger partial charge >= 0.3 is 0 Å². The predicted molar refractivity (Wildman–Crippen MR) is 81.4 cm³/mol. The van der Waals surface area contributed by atoms with Gasteiger partial charge in [0.1, 0.15) is 11.9 Å². The molecule has 110 valence electrons. The number of hydrogen-bond acceptors (Lipinski definition) is 4. The molecule has 1 unspecified atom stereocenters. The minimum absolute atomic E-state index is 0.108. The molecule has 1 saturated heterocycles. The van der Waals surface area contributed by atoms with Crippen molar-refractivity contribution in [1.29, 1.82) is 0 Å². The van der Waals surface area contributed by atoms with Crippen molar-refractivity contribution < 1.29 is 9.47 Å². The highest BCUT2D eigenvalue weighted by molar-refractivity contribution is 5.62. The van der Waals surface area contributed by atoms with Crippen LogP contribution in [0.5, 0.6) is 5.75 Å². The molecule has 0 radical (unpaired) electrons. The molecule has 0 amide bonds. The molecule has 1 saturated carbocycles. The van der Waals surface area contributed by atoms with Crippen LogP contribution in [0, 0.1) is 0 Å². The minimum Gasteiger partial charge on any atom is -0.488 e. The molecule has 1 spiro atoms. The van der Waals surface area contributed by atoms with Gasteiger partial charge in [-0.05, 0) is 31.4 Å². The van der Waals surface area contributed by atoms with E-state index >= 15 is 0 Å². The fourth-order valence-corrected chi connectivity index (χ4v) is 3.09. The molecule has 1 aliphatic carbocycles. The van der Waals surface area contributed by atoms with Gasteiger partial charge in [-0.2, -0.15) is 0 Å². The first-order valence-corrected chi connectivity index (χ1v) is 7.45. The summed E-state index contributed by atoms with van der Waals surface area (Å²) in [4.78, 5) is 2.06. The highest BCUT2D eigenvalue weighted by atomic mass is 16.5. The van der Waals surface area contributed by atoms with E-state index in [1.807, 2.05) is 32.3 Å². The zero-order valence-electron chi connectivity index (χ0n) is 12.4. The molecule has 4 nitrogen and oxygen atoms in total. The van der Waals surface area contributed by atoms with Crippen LogP contribution in [0.2, 0.25) is 0 Å². The Balaban J connectivity index is 1.72.